The van der Waals surface area contributed by atoms with E-state index in [9.17, 15) is 86.6 Å². The zero-order chi connectivity index (χ0) is 107. The molecule has 0 saturated heterocycles. The summed E-state index contributed by atoms with van der Waals surface area (Å²) in [7, 11) is 5.73. The lowest BCUT2D eigenvalue weighted by Crippen LogP contribution is -2.49. The predicted octanol–water partition coefficient (Wildman–Crippen LogP) is 7.53. The van der Waals surface area contributed by atoms with Crippen molar-refractivity contribution in [1.29, 1.82) is 0 Å². The number of aromatic amines is 2. The van der Waals surface area contributed by atoms with Gasteiger partial charge >= 0.3 is 36.1 Å². The number of carboxylic acids is 2. The van der Waals surface area contributed by atoms with Gasteiger partial charge in [0.2, 0.25) is 29.5 Å². The van der Waals surface area contributed by atoms with E-state index in [4.69, 9.17) is 51.0 Å². The van der Waals surface area contributed by atoms with E-state index in [-0.39, 0.29) is 183 Å². The van der Waals surface area contributed by atoms with Crippen molar-refractivity contribution < 1.29 is 130 Å². The van der Waals surface area contributed by atoms with Crippen molar-refractivity contribution in [3.05, 3.63) is 196 Å². The Morgan fingerprint density at radius 2 is 1.32 bits per heavy atom. The Kier molecular flexibility index (Phi) is 43.9. The Bertz CT molecular complexity index is 6160. The number of benzene rings is 6. The number of methoxy groups -OCH3 is 3. The molecule has 0 bridgehead atoms. The highest BCUT2D eigenvalue weighted by atomic mass is 35.5. The van der Waals surface area contributed by atoms with E-state index in [0.29, 0.717) is 56.7 Å². The number of amides is 11. The zero-order valence-corrected chi connectivity index (χ0v) is 84.4. The summed E-state index contributed by atoms with van der Waals surface area (Å²) in [6.45, 7) is 7.95. The van der Waals surface area contributed by atoms with E-state index >= 15 is 0 Å². The molecule has 14 N–H and O–H groups in total. The molecular formula is C103H126ClN17O27. The van der Waals surface area contributed by atoms with Gasteiger partial charge in [0.1, 0.15) is 48.6 Å². The van der Waals surface area contributed by atoms with Crippen LogP contribution in [0.4, 0.5) is 20.1 Å². The minimum Gasteiger partial charge on any atom is -0.494 e. The molecule has 9 aromatic rings. The number of H-pyrrole nitrogens is 2. The van der Waals surface area contributed by atoms with Gasteiger partial charge in [0.25, 0.3) is 18.3 Å². The Labute approximate surface area is 857 Å². The standard InChI is InChI=1S/C103H126ClN17O27/c1-60(2)73(97(133)109-63(5)82(123)47-66-23-25-67(26-24-66)57-145-102(139)118(6)38-39-119(40-43-141-7)103(140)148-85-52-81-91(74-50-79(100(137)143-9)113-93(74)85)72(53-104)54-121(81)98(134)78-48-70-44-61(3)62(4)94(142-8)92(70)112-78)51-84(125)75(110-88(128)58-147-105)31-32-86(126)106-36-41-144-42-37-108-96(132)71(45-64-18-12-10-13-19-64)49-83(124)77(46-65-20-14-11-15-21-65)111-87(127)56-120-55-80(116-117-120)68-27-29-69(30-28-68)95(131)107-35-17-16-22-76(99(135)136)114-101(138)115-89(146-59-122)33-34-90(129)130/h10-15,18-21,23-30,44,48,50,52,55,59-60,63,71-73,75-77,89,112-113H,16-17,22,31-43,45-47,49,51,53-54,56-58,105H2,1-9H3,(H,106,126)(H,107,131)(H,108,132)(H,109,133)(H,110,128)(H,111,127)(H,129,130)(H,135,136)(H2,114,115,138)/t63-,71+,72+,73-,75?,76-,77-,89+/m0/s1. The number of rotatable bonds is 60. The number of hydrogen-bond donors (Lipinski definition) is 13. The number of halogens is 1. The van der Waals surface area contributed by atoms with Crippen molar-refractivity contribution in [2.75, 3.05) is 111 Å². The number of likely N-dealkylation sites (N-methyl/N-ethyl adjacent to an activating group) is 1. The molecule has 1 aliphatic heterocycles. The SMILES string of the molecule is COCCN(CCN(C)C(=O)OCc1ccc(CC(=O)[C@H](C)NC(=O)[C@@H](CC(=O)C(CCC(=O)NCCOCCNC(=O)[C@@H](CC(=O)[C@H](Cc2ccccc2)NC(=O)Cn2cc(-c3ccc(C(=O)NCCCC[C@H](NC(=O)N[C@@H](CCC(=O)O)OC=O)C(=O)O)cc3)nn2)Cc2ccccc2)NC(=O)CON)C(C)C)cc1)C(=O)Oc1cc2c(c3cc(C(=O)OC)[nH]c13)[C@H](CCl)CN2C(=O)c1cc2cc(C)c(C)c(OC)c2[nH]1. The number of alkyl halides is 1. The van der Waals surface area contributed by atoms with E-state index in [2.05, 4.69) is 72.4 Å². The van der Waals surface area contributed by atoms with Crippen molar-refractivity contribution in [1.82, 2.24) is 77.3 Å². The highest BCUT2D eigenvalue weighted by Gasteiger charge is 2.40. The zero-order valence-electron chi connectivity index (χ0n) is 83.7. The highest BCUT2D eigenvalue weighted by Crippen LogP contribution is 2.47. The van der Waals surface area contributed by atoms with Gasteiger partial charge in [0, 0.05) is 144 Å². The largest absolute Gasteiger partial charge is 0.494 e. The van der Waals surface area contributed by atoms with Crippen LogP contribution < -0.4 is 62.8 Å². The molecule has 11 amide bonds. The normalized spacial score (nSPS) is 13.5. The van der Waals surface area contributed by atoms with Gasteiger partial charge < -0.3 is 111 Å². The summed E-state index contributed by atoms with van der Waals surface area (Å²) in [6, 6.07) is 32.1. The maximum absolute atomic E-state index is 14.6. The number of ketones is 3. The van der Waals surface area contributed by atoms with Gasteiger partial charge in [-0.05, 0) is 134 Å². The number of anilines is 1. The summed E-state index contributed by atoms with van der Waals surface area (Å²) < 4.78 is 39.7. The lowest BCUT2D eigenvalue weighted by molar-refractivity contribution is -0.141. The van der Waals surface area contributed by atoms with Crippen LogP contribution in [0.3, 0.4) is 0 Å². The fourth-order valence-electron chi connectivity index (χ4n) is 16.7. The molecule has 0 fully saturated rings. The number of fused-ring (bicyclic) bond motifs is 4. The van der Waals surface area contributed by atoms with Crippen molar-refractivity contribution >= 4 is 140 Å². The van der Waals surface area contributed by atoms with Crippen LogP contribution in [0.2, 0.25) is 0 Å². The Morgan fingerprint density at radius 1 is 0.642 bits per heavy atom. The molecule has 1 aliphatic rings. The lowest BCUT2D eigenvalue weighted by Gasteiger charge is -2.25. The van der Waals surface area contributed by atoms with Gasteiger partial charge in [-0.25, -0.2) is 34.6 Å². The second-order valence-electron chi connectivity index (χ2n) is 36.0. The van der Waals surface area contributed by atoms with Gasteiger partial charge in [-0.1, -0.05) is 116 Å². The molecule has 0 spiro atoms. The average Bonchev–Trinajstić information content (AvgIpc) is 1.57. The fourth-order valence-corrected chi connectivity index (χ4v) is 16.9. The predicted molar refractivity (Wildman–Crippen MR) is 538 cm³/mol. The van der Waals surface area contributed by atoms with Crippen LogP contribution in [0.1, 0.15) is 155 Å². The molecule has 4 heterocycles. The number of Topliss-reactive ketones (excluding diaryl/α,β-unsaturated/α-hetero) is 3. The fraction of sp³-hybridized carbons (Fsp3) is 0.427. The van der Waals surface area contributed by atoms with Gasteiger partial charge in [0.05, 0.1) is 81.5 Å². The summed E-state index contributed by atoms with van der Waals surface area (Å²) in [5, 5.41) is 49.1. The number of esters is 1. The van der Waals surface area contributed by atoms with Crippen LogP contribution in [-0.4, -0.2) is 283 Å². The van der Waals surface area contributed by atoms with Crippen molar-refractivity contribution in [2.45, 2.75) is 161 Å². The van der Waals surface area contributed by atoms with Gasteiger partial charge in [-0.2, -0.15) is 0 Å². The summed E-state index contributed by atoms with van der Waals surface area (Å²) in [5.74, 6) is -5.32. The van der Waals surface area contributed by atoms with Gasteiger partial charge in [-0.15, -0.1) is 16.7 Å². The smallest absolute Gasteiger partial charge is 0.415 e. The Balaban J connectivity index is 0.642. The number of carboxylic acid groups (broad SMARTS) is 2. The summed E-state index contributed by atoms with van der Waals surface area (Å²) in [5.41, 5.74) is 7.97. The van der Waals surface area contributed by atoms with E-state index in [1.54, 1.807) is 135 Å². The van der Waals surface area contributed by atoms with E-state index in [0.717, 1.165) is 27.6 Å². The van der Waals surface area contributed by atoms with Crippen LogP contribution in [0.5, 0.6) is 11.5 Å². The minimum absolute atomic E-state index is 0.00106. The minimum atomic E-state index is -1.35. The third-order valence-corrected chi connectivity index (χ3v) is 25.3. The monoisotopic (exact) mass is 2070 g/mol. The van der Waals surface area contributed by atoms with E-state index in [1.165, 1.54) is 48.9 Å². The molecular weight excluding hydrogens is 1940 g/mol. The molecule has 792 valence electrons. The number of nitrogens with two attached hydrogens (primary N) is 1. The number of ether oxygens (including phenoxy) is 7. The summed E-state index contributed by atoms with van der Waals surface area (Å²) in [4.78, 5) is 240. The van der Waals surface area contributed by atoms with Crippen LogP contribution in [-0.2, 0) is 114 Å². The summed E-state index contributed by atoms with van der Waals surface area (Å²) >= 11 is 6.62. The molecule has 0 radical (unpaired) electrons. The topological polar surface area (TPSA) is 599 Å². The molecule has 45 heteroatoms. The highest BCUT2D eigenvalue weighted by molar-refractivity contribution is 6.20. The summed E-state index contributed by atoms with van der Waals surface area (Å²) in [6.07, 6.45) is -2.51. The molecule has 6 aromatic carbocycles. The van der Waals surface area contributed by atoms with E-state index in [1.807, 2.05) is 38.1 Å². The van der Waals surface area contributed by atoms with Crippen LogP contribution in [0.25, 0.3) is 33.1 Å². The molecule has 148 heavy (non-hydrogen) atoms. The van der Waals surface area contributed by atoms with Crippen LogP contribution in [0.15, 0.2) is 140 Å². The molecule has 0 aliphatic carbocycles. The number of aryl methyl sites for hydroxylation is 1. The van der Waals surface area contributed by atoms with Crippen molar-refractivity contribution in [3.63, 3.8) is 0 Å². The number of carbonyl (C=O) groups excluding carboxylic acids is 15. The maximum atomic E-state index is 14.6. The molecule has 3 aromatic heterocycles. The first-order valence-electron chi connectivity index (χ1n) is 48.1. The number of nitrogens with one attached hydrogen (secondary N) is 10. The first-order valence-corrected chi connectivity index (χ1v) is 48.7. The second-order valence-corrected chi connectivity index (χ2v) is 36.3. The second kappa shape index (κ2) is 56.8. The van der Waals surface area contributed by atoms with Crippen LogP contribution in [0, 0.1) is 31.6 Å². The number of carbonyl (C=O) groups is 17. The van der Waals surface area contributed by atoms with Crippen molar-refractivity contribution in [2.24, 2.45) is 23.7 Å². The molecule has 1 unspecified atom stereocenters. The molecule has 0 saturated carbocycles. The number of nitrogens with zero attached hydrogens (tertiary/aromatic N) is 6. The van der Waals surface area contributed by atoms with Crippen LogP contribution >= 0.6 is 11.6 Å². The number of aromatic nitrogens is 5. The molecule has 44 nitrogen and oxygen atoms in total. The van der Waals surface area contributed by atoms with E-state index < -0.39 is 163 Å². The number of hydrogen-bond acceptors (Lipinski definition) is 28. The first-order chi connectivity index (χ1) is 71.0. The van der Waals surface area contributed by atoms with Gasteiger partial charge in [-0.3, -0.25) is 62.4 Å². The Morgan fingerprint density at radius 3 is 1.97 bits per heavy atom. The Hall–Kier alpha value is -15.5. The number of aliphatic carboxylic acids is 2. The number of unbranched alkanes of at least 4 members (excludes halogenated alkanes) is 1. The quantitative estimate of drug-likeness (QED) is 0.00333. The maximum Gasteiger partial charge on any atom is 0.415 e. The van der Waals surface area contributed by atoms with Crippen molar-refractivity contribution in [3.8, 4) is 22.8 Å². The molecule has 10 rings (SSSR count). The third-order valence-electron chi connectivity index (χ3n) is 24.9. The van der Waals surface area contributed by atoms with Gasteiger partial charge in [0.15, 0.2) is 29.3 Å². The number of urea groups is 1. The molecule has 8 atom stereocenters. The average molecular weight is 2070 g/mol. The lowest BCUT2D eigenvalue weighted by atomic mass is 9.87. The third kappa shape index (κ3) is 33.5. The first kappa shape index (κ1) is 114.